The largest absolute Gasteiger partial charge is 0.469 e. The molecule has 10 heteroatoms. The summed E-state index contributed by atoms with van der Waals surface area (Å²) >= 11 is 11.9. The summed E-state index contributed by atoms with van der Waals surface area (Å²) in [6.07, 6.45) is -0.436. The third-order valence-electron chi connectivity index (χ3n) is 4.41. The molecule has 1 amide bonds. The zero-order valence-electron chi connectivity index (χ0n) is 14.9. The fourth-order valence-electron chi connectivity index (χ4n) is 3.00. The average Bonchev–Trinajstić information content (AvgIpc) is 2.67. The number of carbonyl (C=O) groups excluding carboxylic acids is 2. The maximum Gasteiger partial charge on any atom is 0.308 e. The number of nitrogens with zero attached hydrogens (tertiary/aromatic N) is 2. The summed E-state index contributed by atoms with van der Waals surface area (Å²) in [5.74, 6) is -1.26. The van der Waals surface area contributed by atoms with Crippen molar-refractivity contribution in [1.82, 2.24) is 0 Å². The zero-order valence-corrected chi connectivity index (χ0v) is 17.3. The Morgan fingerprint density at radius 2 is 1.75 bits per heavy atom. The fraction of sp³-hybridized carbons (Fsp3) is 0.222. The minimum Gasteiger partial charge on any atom is -0.469 e. The second-order valence-corrected chi connectivity index (χ2v) is 8.69. The van der Waals surface area contributed by atoms with Crippen LogP contribution in [-0.4, -0.2) is 40.5 Å². The van der Waals surface area contributed by atoms with Crippen molar-refractivity contribution in [2.45, 2.75) is 17.4 Å². The minimum atomic E-state index is -4.24. The number of halogens is 2. The lowest BCUT2D eigenvalue weighted by atomic mass is 10.1. The second-order valence-electron chi connectivity index (χ2n) is 6.06. The van der Waals surface area contributed by atoms with Gasteiger partial charge in [0.05, 0.1) is 39.8 Å². The number of carbonyl (C=O) groups is 2. The Bertz CT molecular complexity index is 1060. The smallest absolute Gasteiger partial charge is 0.308 e. The van der Waals surface area contributed by atoms with Crippen LogP contribution in [0.1, 0.15) is 6.42 Å². The molecule has 0 N–H and O–H groups in total. The standard InChI is InChI=1S/C18H16Cl2N2O5S/c1-21-14-5-3-4-6-15(14)22(16(18(21)24)10-17(23)27-2)28(25,26)11-7-8-12(19)13(20)9-11/h3-9,16H,10H2,1-2H3. The number of para-hydroxylation sites is 2. The summed E-state index contributed by atoms with van der Waals surface area (Å²) in [5, 5.41) is 0.252. The summed E-state index contributed by atoms with van der Waals surface area (Å²) in [5.41, 5.74) is 0.668. The Labute approximate surface area is 172 Å². The molecule has 0 saturated heterocycles. The van der Waals surface area contributed by atoms with Gasteiger partial charge in [-0.15, -0.1) is 0 Å². The first-order valence-electron chi connectivity index (χ1n) is 8.11. The van der Waals surface area contributed by atoms with Crippen LogP contribution in [0, 0.1) is 0 Å². The highest BCUT2D eigenvalue weighted by Gasteiger charge is 2.44. The van der Waals surface area contributed by atoms with E-state index < -0.39 is 34.4 Å². The van der Waals surface area contributed by atoms with Crippen LogP contribution in [-0.2, 0) is 24.3 Å². The van der Waals surface area contributed by atoms with Gasteiger partial charge in [0.1, 0.15) is 6.04 Å². The lowest BCUT2D eigenvalue weighted by Crippen LogP contribution is -2.55. The number of anilines is 2. The van der Waals surface area contributed by atoms with Crippen molar-refractivity contribution in [3.8, 4) is 0 Å². The Balaban J connectivity index is 2.22. The predicted octanol–water partition coefficient (Wildman–Crippen LogP) is 3.10. The monoisotopic (exact) mass is 442 g/mol. The van der Waals surface area contributed by atoms with Crippen LogP contribution in [0.5, 0.6) is 0 Å². The number of methoxy groups -OCH3 is 1. The third kappa shape index (κ3) is 3.43. The van der Waals surface area contributed by atoms with Gasteiger partial charge in [-0.3, -0.25) is 13.9 Å². The van der Waals surface area contributed by atoms with E-state index in [0.29, 0.717) is 5.69 Å². The molecule has 0 bridgehead atoms. The summed E-state index contributed by atoms with van der Waals surface area (Å²) in [6, 6.07) is 9.09. The zero-order chi connectivity index (χ0) is 20.6. The van der Waals surface area contributed by atoms with Crippen LogP contribution >= 0.6 is 23.2 Å². The molecule has 1 aliphatic heterocycles. The first-order chi connectivity index (χ1) is 13.2. The third-order valence-corrected chi connectivity index (χ3v) is 6.97. The van der Waals surface area contributed by atoms with E-state index in [4.69, 9.17) is 23.2 Å². The summed E-state index contributed by atoms with van der Waals surface area (Å²) in [7, 11) is -1.54. The highest BCUT2D eigenvalue weighted by atomic mass is 35.5. The van der Waals surface area contributed by atoms with Crippen LogP contribution in [0.2, 0.25) is 10.0 Å². The van der Waals surface area contributed by atoms with E-state index >= 15 is 0 Å². The first-order valence-corrected chi connectivity index (χ1v) is 10.3. The fourth-order valence-corrected chi connectivity index (χ4v) is 5.01. The quantitative estimate of drug-likeness (QED) is 0.679. The predicted molar refractivity (Wildman–Crippen MR) is 106 cm³/mol. The number of ether oxygens (including phenoxy) is 1. The number of sulfonamides is 1. The lowest BCUT2D eigenvalue weighted by Gasteiger charge is -2.40. The highest BCUT2D eigenvalue weighted by molar-refractivity contribution is 7.93. The molecule has 1 aliphatic rings. The van der Waals surface area contributed by atoms with Gasteiger partial charge in [-0.2, -0.15) is 0 Å². The topological polar surface area (TPSA) is 84.0 Å². The molecule has 0 fully saturated rings. The molecule has 0 aliphatic carbocycles. The van der Waals surface area contributed by atoms with E-state index in [2.05, 4.69) is 4.74 Å². The molecule has 0 saturated carbocycles. The van der Waals surface area contributed by atoms with Crippen molar-refractivity contribution >= 4 is 56.5 Å². The summed E-state index contributed by atoms with van der Waals surface area (Å²) in [6.45, 7) is 0. The number of hydrogen-bond donors (Lipinski definition) is 0. The number of benzene rings is 2. The Morgan fingerprint density at radius 1 is 1.11 bits per heavy atom. The average molecular weight is 443 g/mol. The van der Waals surface area contributed by atoms with Crippen molar-refractivity contribution in [2.24, 2.45) is 0 Å². The van der Waals surface area contributed by atoms with Crippen molar-refractivity contribution in [3.05, 3.63) is 52.5 Å². The van der Waals surface area contributed by atoms with Gasteiger partial charge in [0.25, 0.3) is 15.9 Å². The molecule has 148 valence electrons. The number of likely N-dealkylation sites (N-methyl/N-ethyl adjacent to an activating group) is 1. The van der Waals surface area contributed by atoms with Gasteiger partial charge in [0.2, 0.25) is 0 Å². The van der Waals surface area contributed by atoms with Gasteiger partial charge >= 0.3 is 5.97 Å². The second kappa shape index (κ2) is 7.62. The van der Waals surface area contributed by atoms with E-state index in [1.165, 1.54) is 37.3 Å². The van der Waals surface area contributed by atoms with E-state index in [1.54, 1.807) is 24.3 Å². The normalized spacial score (nSPS) is 16.7. The van der Waals surface area contributed by atoms with E-state index in [0.717, 1.165) is 4.31 Å². The number of hydrogen-bond acceptors (Lipinski definition) is 5. The molecular weight excluding hydrogens is 427 g/mol. The number of amides is 1. The molecule has 3 rings (SSSR count). The Kier molecular flexibility index (Phi) is 5.56. The van der Waals surface area contributed by atoms with Gasteiger partial charge in [-0.1, -0.05) is 35.3 Å². The van der Waals surface area contributed by atoms with Crippen molar-refractivity contribution in [3.63, 3.8) is 0 Å². The SMILES string of the molecule is COC(=O)CC1C(=O)N(C)c2ccccc2N1S(=O)(=O)c1ccc(Cl)c(Cl)c1. The van der Waals surface area contributed by atoms with E-state index in [9.17, 15) is 18.0 Å². The van der Waals surface area contributed by atoms with Gasteiger partial charge < -0.3 is 9.64 Å². The minimum absolute atomic E-state index is 0.0565. The molecule has 2 aromatic carbocycles. The van der Waals surface area contributed by atoms with Crippen LogP contribution in [0.4, 0.5) is 11.4 Å². The molecule has 0 spiro atoms. The molecule has 1 heterocycles. The van der Waals surface area contributed by atoms with Gasteiger partial charge in [-0.25, -0.2) is 8.42 Å². The van der Waals surface area contributed by atoms with E-state index in [1.807, 2.05) is 0 Å². The Hall–Kier alpha value is -2.29. The molecule has 0 radical (unpaired) electrons. The van der Waals surface area contributed by atoms with Crippen molar-refractivity contribution in [1.29, 1.82) is 0 Å². The molecule has 2 aromatic rings. The molecule has 7 nitrogen and oxygen atoms in total. The summed E-state index contributed by atoms with van der Waals surface area (Å²) in [4.78, 5) is 26.0. The van der Waals surface area contributed by atoms with Crippen molar-refractivity contribution < 1.29 is 22.7 Å². The maximum atomic E-state index is 13.4. The van der Waals surface area contributed by atoms with Gasteiger partial charge in [0.15, 0.2) is 0 Å². The van der Waals surface area contributed by atoms with Crippen LogP contribution in [0.25, 0.3) is 0 Å². The number of fused-ring (bicyclic) bond motifs is 1. The number of rotatable bonds is 4. The van der Waals surface area contributed by atoms with Gasteiger partial charge in [-0.05, 0) is 30.3 Å². The maximum absolute atomic E-state index is 13.4. The number of esters is 1. The first kappa shape index (κ1) is 20.4. The Morgan fingerprint density at radius 3 is 2.36 bits per heavy atom. The molecular formula is C18H16Cl2N2O5S. The van der Waals surface area contributed by atoms with Crippen LogP contribution < -0.4 is 9.21 Å². The molecule has 28 heavy (non-hydrogen) atoms. The highest BCUT2D eigenvalue weighted by Crippen LogP contribution is 2.40. The molecule has 1 atom stereocenters. The van der Waals surface area contributed by atoms with Gasteiger partial charge in [0, 0.05) is 7.05 Å². The molecule has 0 aromatic heterocycles. The summed E-state index contributed by atoms with van der Waals surface area (Å²) < 4.78 is 32.5. The van der Waals surface area contributed by atoms with Crippen LogP contribution in [0.15, 0.2) is 47.4 Å². The van der Waals surface area contributed by atoms with Crippen LogP contribution in [0.3, 0.4) is 0 Å². The van der Waals surface area contributed by atoms with E-state index in [-0.39, 0.29) is 20.6 Å². The van der Waals surface area contributed by atoms with Crippen molar-refractivity contribution in [2.75, 3.05) is 23.4 Å². The lowest BCUT2D eigenvalue weighted by molar-refractivity contribution is -0.142. The molecule has 1 unspecified atom stereocenters.